The number of benzene rings is 3. The Labute approximate surface area is 270 Å². The average Bonchev–Trinajstić information content (AvgIpc) is 3.54. The number of thiazole rings is 1. The van der Waals surface area contributed by atoms with Crippen LogP contribution in [0.2, 0.25) is 0 Å². The van der Waals surface area contributed by atoms with E-state index in [-0.39, 0.29) is 0 Å². The smallest absolute Gasteiger partial charge is 0.186 e. The van der Waals surface area contributed by atoms with Crippen LogP contribution in [0.15, 0.2) is 84.2 Å². The van der Waals surface area contributed by atoms with Gasteiger partial charge in [0.2, 0.25) is 0 Å². The maximum absolute atomic E-state index is 5.86. The van der Waals surface area contributed by atoms with Crippen molar-refractivity contribution in [3.05, 3.63) is 107 Å². The SMILES string of the molecule is COCCOc1cccc(CN(Cc2cccc(OCCOC)c2)c2nc(COCCOCCOCc3ccccc3)cs2)c1. The second-order valence-electron chi connectivity index (χ2n) is 10.2. The summed E-state index contributed by atoms with van der Waals surface area (Å²) < 4.78 is 39.1. The molecule has 45 heavy (non-hydrogen) atoms. The van der Waals surface area contributed by atoms with E-state index < -0.39 is 0 Å². The number of anilines is 1. The molecule has 4 rings (SSSR count). The van der Waals surface area contributed by atoms with Gasteiger partial charge in [0, 0.05) is 32.7 Å². The molecule has 9 nitrogen and oxygen atoms in total. The van der Waals surface area contributed by atoms with E-state index in [0.29, 0.717) is 79.2 Å². The number of hydrogen-bond acceptors (Lipinski definition) is 10. The predicted octanol–water partition coefficient (Wildman–Crippen LogP) is 6.15. The van der Waals surface area contributed by atoms with E-state index in [1.54, 1.807) is 25.6 Å². The lowest BCUT2D eigenvalue weighted by molar-refractivity contribution is 0.00661. The molecular formula is C35H44N2O7S. The zero-order chi connectivity index (χ0) is 31.4. The zero-order valence-corrected chi connectivity index (χ0v) is 27.0. The highest BCUT2D eigenvalue weighted by molar-refractivity contribution is 7.13. The van der Waals surface area contributed by atoms with Crippen molar-refractivity contribution in [2.75, 3.05) is 72.0 Å². The summed E-state index contributed by atoms with van der Waals surface area (Å²) in [5.74, 6) is 1.63. The molecule has 1 aromatic heterocycles. The highest BCUT2D eigenvalue weighted by Gasteiger charge is 2.15. The first-order chi connectivity index (χ1) is 22.2. The molecule has 0 bridgehead atoms. The molecule has 0 fully saturated rings. The maximum atomic E-state index is 5.86. The summed E-state index contributed by atoms with van der Waals surface area (Å²) in [4.78, 5) is 7.18. The normalized spacial score (nSPS) is 11.1. The van der Waals surface area contributed by atoms with Crippen molar-refractivity contribution in [2.45, 2.75) is 26.3 Å². The monoisotopic (exact) mass is 636 g/mol. The topological polar surface area (TPSA) is 80.7 Å². The third-order valence-electron chi connectivity index (χ3n) is 6.57. The highest BCUT2D eigenvalue weighted by Crippen LogP contribution is 2.27. The van der Waals surface area contributed by atoms with Crippen molar-refractivity contribution >= 4 is 16.5 Å². The summed E-state index contributed by atoms with van der Waals surface area (Å²) in [5.41, 5.74) is 4.29. The molecule has 0 aliphatic heterocycles. The molecule has 0 radical (unpaired) electrons. The van der Waals surface area contributed by atoms with E-state index in [2.05, 4.69) is 34.5 Å². The van der Waals surface area contributed by atoms with Gasteiger partial charge in [-0.2, -0.15) is 0 Å². The molecule has 10 heteroatoms. The molecule has 0 N–H and O–H groups in total. The quantitative estimate of drug-likeness (QED) is 0.0891. The van der Waals surface area contributed by atoms with Crippen LogP contribution in [-0.2, 0) is 50.0 Å². The number of ether oxygens (including phenoxy) is 7. The molecule has 0 amide bonds. The first kappa shape index (κ1) is 34.4. The van der Waals surface area contributed by atoms with E-state index in [1.807, 2.05) is 54.6 Å². The Hall–Kier alpha value is -3.51. The highest BCUT2D eigenvalue weighted by atomic mass is 32.1. The van der Waals surface area contributed by atoms with Crippen LogP contribution in [0.5, 0.6) is 11.5 Å². The van der Waals surface area contributed by atoms with E-state index in [0.717, 1.165) is 39.0 Å². The first-order valence-corrected chi connectivity index (χ1v) is 16.0. The van der Waals surface area contributed by atoms with Gasteiger partial charge in [-0.25, -0.2) is 4.98 Å². The van der Waals surface area contributed by atoms with Gasteiger partial charge in [0.05, 0.1) is 58.5 Å². The average molecular weight is 637 g/mol. The van der Waals surface area contributed by atoms with Crippen LogP contribution in [-0.4, -0.2) is 72.1 Å². The van der Waals surface area contributed by atoms with Crippen LogP contribution in [0.25, 0.3) is 0 Å². The van der Waals surface area contributed by atoms with Gasteiger partial charge in [-0.1, -0.05) is 54.6 Å². The first-order valence-electron chi connectivity index (χ1n) is 15.1. The summed E-state index contributed by atoms with van der Waals surface area (Å²) >= 11 is 1.61. The fraction of sp³-hybridized carbons (Fsp3) is 0.400. The second-order valence-corrected chi connectivity index (χ2v) is 11.0. The lowest BCUT2D eigenvalue weighted by Crippen LogP contribution is -2.22. The third-order valence-corrected chi connectivity index (χ3v) is 7.52. The predicted molar refractivity (Wildman–Crippen MR) is 176 cm³/mol. The minimum atomic E-state index is 0.420. The number of aromatic nitrogens is 1. The lowest BCUT2D eigenvalue weighted by Gasteiger charge is -2.23. The Balaban J connectivity index is 1.29. The summed E-state index contributed by atoms with van der Waals surface area (Å²) in [5, 5.41) is 2.96. The molecule has 0 saturated carbocycles. The van der Waals surface area contributed by atoms with Crippen LogP contribution >= 0.6 is 11.3 Å². The van der Waals surface area contributed by atoms with E-state index >= 15 is 0 Å². The Morgan fingerprint density at radius 2 is 1.13 bits per heavy atom. The number of nitrogens with zero attached hydrogens (tertiary/aromatic N) is 2. The van der Waals surface area contributed by atoms with Crippen molar-refractivity contribution in [3.8, 4) is 11.5 Å². The Bertz CT molecular complexity index is 1300. The molecule has 4 aromatic rings. The molecule has 0 saturated heterocycles. The van der Waals surface area contributed by atoms with Crippen molar-refractivity contribution in [2.24, 2.45) is 0 Å². The van der Waals surface area contributed by atoms with Crippen molar-refractivity contribution in [3.63, 3.8) is 0 Å². The Morgan fingerprint density at radius 1 is 0.578 bits per heavy atom. The van der Waals surface area contributed by atoms with Crippen molar-refractivity contribution in [1.29, 1.82) is 0 Å². The molecule has 0 aliphatic carbocycles. The van der Waals surface area contributed by atoms with E-state index in [4.69, 9.17) is 38.1 Å². The summed E-state index contributed by atoms with van der Waals surface area (Å²) in [6.45, 7) is 6.48. The fourth-order valence-corrected chi connectivity index (χ4v) is 5.18. The van der Waals surface area contributed by atoms with E-state index in [9.17, 15) is 0 Å². The second kappa shape index (κ2) is 20.5. The fourth-order valence-electron chi connectivity index (χ4n) is 4.37. The largest absolute Gasteiger partial charge is 0.491 e. The van der Waals surface area contributed by atoms with Gasteiger partial charge in [-0.05, 0) is 41.0 Å². The van der Waals surface area contributed by atoms with Crippen LogP contribution in [0, 0.1) is 0 Å². The summed E-state index contributed by atoms with van der Waals surface area (Å²) in [7, 11) is 3.34. The van der Waals surface area contributed by atoms with Crippen LogP contribution in [0.3, 0.4) is 0 Å². The summed E-state index contributed by atoms with van der Waals surface area (Å²) in [6, 6.07) is 26.4. The molecule has 242 valence electrons. The molecule has 0 atom stereocenters. The zero-order valence-electron chi connectivity index (χ0n) is 26.2. The van der Waals surface area contributed by atoms with Crippen molar-refractivity contribution < 1.29 is 33.2 Å². The minimum Gasteiger partial charge on any atom is -0.491 e. The third kappa shape index (κ3) is 13.2. The standard InChI is InChI=1S/C35H44N2O7S/c1-38-14-20-43-33-12-6-10-30(22-33)24-37(25-31-11-7-13-34(23-31)44-21-15-39-2)35-36-32(28-45-35)27-42-19-17-40-16-18-41-26-29-8-4-3-5-9-29/h3-13,22-23,28H,14-21,24-27H2,1-2H3. The molecule has 0 unspecified atom stereocenters. The molecule has 1 heterocycles. The van der Waals surface area contributed by atoms with Gasteiger partial charge >= 0.3 is 0 Å². The van der Waals surface area contributed by atoms with Crippen LogP contribution < -0.4 is 14.4 Å². The van der Waals surface area contributed by atoms with Gasteiger partial charge in [0.25, 0.3) is 0 Å². The molecular weight excluding hydrogens is 592 g/mol. The van der Waals surface area contributed by atoms with Gasteiger partial charge in [0.1, 0.15) is 24.7 Å². The van der Waals surface area contributed by atoms with Crippen LogP contribution in [0.1, 0.15) is 22.4 Å². The minimum absolute atomic E-state index is 0.420. The van der Waals surface area contributed by atoms with E-state index in [1.165, 1.54) is 0 Å². The number of rotatable bonds is 23. The van der Waals surface area contributed by atoms with Crippen LogP contribution in [0.4, 0.5) is 5.13 Å². The number of hydrogen-bond donors (Lipinski definition) is 0. The van der Waals surface area contributed by atoms with Gasteiger partial charge in [0.15, 0.2) is 5.13 Å². The molecule has 3 aromatic carbocycles. The Morgan fingerprint density at radius 3 is 1.73 bits per heavy atom. The molecule has 0 aliphatic rings. The van der Waals surface area contributed by atoms with Gasteiger partial charge in [-0.15, -0.1) is 11.3 Å². The Kier molecular flexibility index (Phi) is 15.7. The summed E-state index contributed by atoms with van der Waals surface area (Å²) in [6.07, 6.45) is 0. The molecule has 0 spiro atoms. The van der Waals surface area contributed by atoms with Gasteiger partial charge < -0.3 is 38.1 Å². The van der Waals surface area contributed by atoms with Crippen molar-refractivity contribution in [1.82, 2.24) is 4.98 Å². The van der Waals surface area contributed by atoms with Gasteiger partial charge in [-0.3, -0.25) is 0 Å². The number of methoxy groups -OCH3 is 2. The maximum Gasteiger partial charge on any atom is 0.186 e. The lowest BCUT2D eigenvalue weighted by atomic mass is 10.1.